The SMILES string of the molecule is COc1ccc2c(c1)[C@@H](NC(=O)Cc1cccs1)CC(C)(C)O2. The predicted octanol–water partition coefficient (Wildman–Crippen LogP) is 3.72. The maximum Gasteiger partial charge on any atom is 0.225 e. The fourth-order valence-corrected chi connectivity index (χ4v) is 3.61. The number of benzene rings is 1. The zero-order chi connectivity index (χ0) is 16.4. The number of methoxy groups -OCH3 is 1. The second-order valence-electron chi connectivity index (χ2n) is 6.35. The molecular weight excluding hydrogens is 310 g/mol. The van der Waals surface area contributed by atoms with E-state index >= 15 is 0 Å². The quantitative estimate of drug-likeness (QED) is 0.929. The molecule has 4 nitrogen and oxygen atoms in total. The first-order chi connectivity index (χ1) is 11.0. The first kappa shape index (κ1) is 15.9. The second kappa shape index (κ2) is 6.24. The lowest BCUT2D eigenvalue weighted by molar-refractivity contribution is -0.121. The summed E-state index contributed by atoms with van der Waals surface area (Å²) in [5.41, 5.74) is 0.658. The predicted molar refractivity (Wildman–Crippen MR) is 91.2 cm³/mol. The molecule has 5 heteroatoms. The molecule has 1 amide bonds. The van der Waals surface area contributed by atoms with Crippen molar-refractivity contribution >= 4 is 17.2 Å². The van der Waals surface area contributed by atoms with Gasteiger partial charge in [0.1, 0.15) is 17.1 Å². The Balaban J connectivity index is 1.82. The average Bonchev–Trinajstić information content (AvgIpc) is 2.98. The number of rotatable bonds is 4. The van der Waals surface area contributed by atoms with E-state index in [-0.39, 0.29) is 17.6 Å². The van der Waals surface area contributed by atoms with Crippen molar-refractivity contribution in [3.63, 3.8) is 0 Å². The number of nitrogens with one attached hydrogen (secondary N) is 1. The van der Waals surface area contributed by atoms with Gasteiger partial charge in [-0.15, -0.1) is 11.3 Å². The van der Waals surface area contributed by atoms with Gasteiger partial charge in [-0.2, -0.15) is 0 Å². The number of ether oxygens (including phenoxy) is 2. The van der Waals surface area contributed by atoms with Crippen LogP contribution in [0.5, 0.6) is 11.5 Å². The van der Waals surface area contributed by atoms with Gasteiger partial charge in [0.25, 0.3) is 0 Å². The maximum absolute atomic E-state index is 12.4. The van der Waals surface area contributed by atoms with Gasteiger partial charge in [-0.05, 0) is 43.5 Å². The Morgan fingerprint density at radius 2 is 2.26 bits per heavy atom. The van der Waals surface area contributed by atoms with E-state index in [0.717, 1.165) is 28.4 Å². The molecule has 0 saturated heterocycles. The Hall–Kier alpha value is -2.01. The maximum atomic E-state index is 12.4. The Morgan fingerprint density at radius 1 is 1.43 bits per heavy atom. The summed E-state index contributed by atoms with van der Waals surface area (Å²) >= 11 is 1.60. The highest BCUT2D eigenvalue weighted by Gasteiger charge is 2.34. The van der Waals surface area contributed by atoms with Crippen LogP contribution in [0.2, 0.25) is 0 Å². The van der Waals surface area contributed by atoms with E-state index in [1.165, 1.54) is 0 Å². The van der Waals surface area contributed by atoms with Crippen molar-refractivity contribution in [2.24, 2.45) is 0 Å². The minimum atomic E-state index is -0.317. The normalized spacial score (nSPS) is 18.7. The van der Waals surface area contributed by atoms with Gasteiger partial charge in [0.2, 0.25) is 5.91 Å². The van der Waals surface area contributed by atoms with Crippen molar-refractivity contribution < 1.29 is 14.3 Å². The van der Waals surface area contributed by atoms with Crippen molar-refractivity contribution in [1.82, 2.24) is 5.32 Å². The monoisotopic (exact) mass is 331 g/mol. The van der Waals surface area contributed by atoms with Crippen LogP contribution in [-0.4, -0.2) is 18.6 Å². The van der Waals surface area contributed by atoms with Crippen molar-refractivity contribution in [2.75, 3.05) is 7.11 Å². The van der Waals surface area contributed by atoms with Crippen LogP contribution in [0.25, 0.3) is 0 Å². The molecule has 122 valence electrons. The van der Waals surface area contributed by atoms with E-state index in [0.29, 0.717) is 6.42 Å². The molecule has 2 aromatic rings. The Bertz CT molecular complexity index is 694. The Labute approximate surface area is 140 Å². The lowest BCUT2D eigenvalue weighted by Crippen LogP contribution is -2.41. The number of hydrogen-bond donors (Lipinski definition) is 1. The number of amides is 1. The van der Waals surface area contributed by atoms with Crippen molar-refractivity contribution in [2.45, 2.75) is 38.3 Å². The average molecular weight is 331 g/mol. The smallest absolute Gasteiger partial charge is 0.225 e. The lowest BCUT2D eigenvalue weighted by Gasteiger charge is -2.38. The van der Waals surface area contributed by atoms with Crippen LogP contribution in [0.4, 0.5) is 0 Å². The molecule has 1 aliphatic rings. The molecule has 1 aromatic carbocycles. The molecule has 0 radical (unpaired) electrons. The van der Waals surface area contributed by atoms with Crippen LogP contribution < -0.4 is 14.8 Å². The summed E-state index contributed by atoms with van der Waals surface area (Å²) < 4.78 is 11.3. The molecule has 2 heterocycles. The summed E-state index contributed by atoms with van der Waals surface area (Å²) in [6, 6.07) is 9.61. The molecule has 3 rings (SSSR count). The minimum Gasteiger partial charge on any atom is -0.497 e. The molecule has 0 bridgehead atoms. The molecule has 0 fully saturated rings. The summed E-state index contributed by atoms with van der Waals surface area (Å²) in [7, 11) is 1.64. The standard InChI is InChI=1S/C18H21NO3S/c1-18(2)11-15(19-17(20)10-13-5-4-8-23-13)14-9-12(21-3)6-7-16(14)22-18/h4-9,15H,10-11H2,1-3H3,(H,19,20)/t15-/m0/s1. The number of hydrogen-bond acceptors (Lipinski definition) is 4. The van der Waals surface area contributed by atoms with Gasteiger partial charge in [-0.25, -0.2) is 0 Å². The first-order valence-electron chi connectivity index (χ1n) is 7.65. The van der Waals surface area contributed by atoms with Gasteiger partial charge < -0.3 is 14.8 Å². The van der Waals surface area contributed by atoms with Crippen LogP contribution >= 0.6 is 11.3 Å². The summed E-state index contributed by atoms with van der Waals surface area (Å²) in [5.74, 6) is 1.61. The Morgan fingerprint density at radius 3 is 2.96 bits per heavy atom. The van der Waals surface area contributed by atoms with Gasteiger partial charge in [0.05, 0.1) is 19.6 Å². The third-order valence-electron chi connectivity index (χ3n) is 3.92. The first-order valence-corrected chi connectivity index (χ1v) is 8.53. The zero-order valence-corrected chi connectivity index (χ0v) is 14.4. The van der Waals surface area contributed by atoms with Crippen molar-refractivity contribution in [3.05, 3.63) is 46.2 Å². The summed E-state index contributed by atoms with van der Waals surface area (Å²) in [5, 5.41) is 5.14. The molecule has 1 atom stereocenters. The fraction of sp³-hybridized carbons (Fsp3) is 0.389. The largest absolute Gasteiger partial charge is 0.497 e. The summed E-state index contributed by atoms with van der Waals surface area (Å²) in [4.78, 5) is 13.4. The molecule has 23 heavy (non-hydrogen) atoms. The molecule has 1 aromatic heterocycles. The fourth-order valence-electron chi connectivity index (χ4n) is 2.91. The van der Waals surface area contributed by atoms with Crippen molar-refractivity contribution in [3.8, 4) is 11.5 Å². The van der Waals surface area contributed by atoms with Gasteiger partial charge in [-0.1, -0.05) is 6.07 Å². The zero-order valence-electron chi connectivity index (χ0n) is 13.6. The molecule has 0 unspecified atom stereocenters. The minimum absolute atomic E-state index is 0.0314. The number of fused-ring (bicyclic) bond motifs is 1. The van der Waals surface area contributed by atoms with Crippen LogP contribution in [0.1, 0.15) is 36.8 Å². The van der Waals surface area contributed by atoms with E-state index in [1.807, 2.05) is 49.6 Å². The topological polar surface area (TPSA) is 47.6 Å². The second-order valence-corrected chi connectivity index (χ2v) is 7.38. The number of thiophene rings is 1. The van der Waals surface area contributed by atoms with E-state index < -0.39 is 0 Å². The highest BCUT2D eigenvalue weighted by atomic mass is 32.1. The summed E-state index contributed by atoms with van der Waals surface area (Å²) in [6.07, 6.45) is 1.14. The van der Waals surface area contributed by atoms with Crippen LogP contribution in [0, 0.1) is 0 Å². The van der Waals surface area contributed by atoms with Crippen molar-refractivity contribution in [1.29, 1.82) is 0 Å². The Kier molecular flexibility index (Phi) is 4.31. The lowest BCUT2D eigenvalue weighted by atomic mass is 9.89. The molecule has 1 N–H and O–H groups in total. The highest BCUT2D eigenvalue weighted by molar-refractivity contribution is 7.10. The van der Waals surface area contributed by atoms with Gasteiger partial charge in [0, 0.05) is 16.9 Å². The van der Waals surface area contributed by atoms with Crippen LogP contribution in [-0.2, 0) is 11.2 Å². The molecule has 0 spiro atoms. The van der Waals surface area contributed by atoms with Crippen LogP contribution in [0.15, 0.2) is 35.7 Å². The third-order valence-corrected chi connectivity index (χ3v) is 4.80. The van der Waals surface area contributed by atoms with Crippen LogP contribution in [0.3, 0.4) is 0 Å². The van der Waals surface area contributed by atoms with E-state index in [1.54, 1.807) is 18.4 Å². The van der Waals surface area contributed by atoms with Gasteiger partial charge in [0.15, 0.2) is 0 Å². The number of carbonyl (C=O) groups is 1. The molecule has 1 aliphatic heterocycles. The van der Waals surface area contributed by atoms with E-state index in [2.05, 4.69) is 5.32 Å². The summed E-state index contributed by atoms with van der Waals surface area (Å²) in [6.45, 7) is 4.08. The molecule has 0 aliphatic carbocycles. The van der Waals surface area contributed by atoms with Gasteiger partial charge in [-0.3, -0.25) is 4.79 Å². The van der Waals surface area contributed by atoms with E-state index in [4.69, 9.17) is 9.47 Å². The third kappa shape index (κ3) is 3.67. The molecule has 0 saturated carbocycles. The highest BCUT2D eigenvalue weighted by Crippen LogP contribution is 2.41. The van der Waals surface area contributed by atoms with E-state index in [9.17, 15) is 4.79 Å². The molecular formula is C18H21NO3S. The number of carbonyl (C=O) groups excluding carboxylic acids is 1. The van der Waals surface area contributed by atoms with Gasteiger partial charge >= 0.3 is 0 Å².